The van der Waals surface area contributed by atoms with Gasteiger partial charge in [-0.15, -0.1) is 0 Å². The summed E-state index contributed by atoms with van der Waals surface area (Å²) in [4.78, 5) is 45.5. The van der Waals surface area contributed by atoms with Crippen LogP contribution in [0.5, 0.6) is 0 Å². The zero-order valence-electron chi connectivity index (χ0n) is 17.9. The second-order valence-corrected chi connectivity index (χ2v) is 8.41. The van der Waals surface area contributed by atoms with E-state index in [-0.39, 0.29) is 5.91 Å². The Morgan fingerprint density at radius 1 is 1.12 bits per heavy atom. The van der Waals surface area contributed by atoms with Crippen molar-refractivity contribution < 1.29 is 14.4 Å². The van der Waals surface area contributed by atoms with Gasteiger partial charge in [-0.1, -0.05) is 44.0 Å². The van der Waals surface area contributed by atoms with Crippen molar-refractivity contribution in [2.75, 3.05) is 0 Å². The lowest BCUT2D eigenvalue weighted by Crippen LogP contribution is -2.54. The summed E-state index contributed by atoms with van der Waals surface area (Å²) in [6.45, 7) is 1.79. The molecule has 2 heterocycles. The smallest absolute Gasteiger partial charge is 0.268 e. The molecule has 0 bridgehead atoms. The maximum Gasteiger partial charge on any atom is 0.268 e. The van der Waals surface area contributed by atoms with Crippen molar-refractivity contribution in [2.45, 2.75) is 44.2 Å². The predicted molar refractivity (Wildman–Crippen MR) is 121 cm³/mol. The molecule has 166 valence electrons. The highest BCUT2D eigenvalue weighted by molar-refractivity contribution is 6.00. The van der Waals surface area contributed by atoms with Gasteiger partial charge in [0.05, 0.1) is 0 Å². The number of benzene rings is 1. The fourth-order valence-corrected chi connectivity index (χ4v) is 3.86. The van der Waals surface area contributed by atoms with E-state index >= 15 is 0 Å². The van der Waals surface area contributed by atoms with Crippen LogP contribution >= 0.6 is 0 Å². The molecular weight excluding hydrogens is 406 g/mol. The lowest BCUT2D eigenvalue weighted by Gasteiger charge is -2.25. The number of carbonyl (C=O) groups excluding carboxylic acids is 3. The summed E-state index contributed by atoms with van der Waals surface area (Å²) < 4.78 is 0. The summed E-state index contributed by atoms with van der Waals surface area (Å²) in [7, 11) is 0. The minimum Gasteiger partial charge on any atom is -0.368 e. The predicted octanol–water partition coefficient (Wildman–Crippen LogP) is 2.24. The van der Waals surface area contributed by atoms with Gasteiger partial charge in [0.25, 0.3) is 5.91 Å². The molecule has 4 rings (SSSR count). The monoisotopic (exact) mass is 433 g/mol. The average molecular weight is 434 g/mol. The fourth-order valence-electron chi connectivity index (χ4n) is 3.86. The number of hydrogen-bond acceptors (Lipinski definition) is 4. The summed E-state index contributed by atoms with van der Waals surface area (Å²) in [5, 5.41) is 6.51. The molecule has 1 aromatic carbocycles. The Bertz CT molecular complexity index is 1090. The summed E-state index contributed by atoms with van der Waals surface area (Å²) in [5.41, 5.74) is 7.48. The van der Waals surface area contributed by atoms with Gasteiger partial charge in [-0.05, 0) is 36.6 Å². The fraction of sp³-hybridized carbons (Fsp3) is 0.333. The van der Waals surface area contributed by atoms with E-state index in [1.807, 2.05) is 30.3 Å². The van der Waals surface area contributed by atoms with Gasteiger partial charge >= 0.3 is 0 Å². The number of rotatable bonds is 9. The molecule has 3 atom stereocenters. The number of carbonyl (C=O) groups is 3. The number of nitrogens with one attached hydrogen (secondary N) is 3. The SMILES string of the molecule is C[C@@H](c1ccccn1)C(NC(=O)[C@H](CC1CC1)NC(=O)c1cc2ccccc2[nH]1)C(N)=O. The lowest BCUT2D eigenvalue weighted by atomic mass is 9.96. The van der Waals surface area contributed by atoms with Crippen LogP contribution in [0.4, 0.5) is 0 Å². The Balaban J connectivity index is 1.49. The largest absolute Gasteiger partial charge is 0.368 e. The van der Waals surface area contributed by atoms with E-state index in [0.29, 0.717) is 23.7 Å². The third kappa shape index (κ3) is 4.96. The van der Waals surface area contributed by atoms with E-state index < -0.39 is 29.8 Å². The standard InChI is InChI=1S/C24H27N5O3/c1-14(17-7-4-5-11-26-17)21(22(25)30)29-24(32)19(12-15-9-10-15)28-23(31)20-13-16-6-2-3-8-18(16)27-20/h2-8,11,13-15,19,21,27H,9-10,12H2,1H3,(H2,25,30)(H,28,31)(H,29,32)/t14-,19-,21?/m0/s1. The van der Waals surface area contributed by atoms with E-state index in [2.05, 4.69) is 20.6 Å². The molecule has 1 aliphatic rings. The Morgan fingerprint density at radius 2 is 1.88 bits per heavy atom. The van der Waals surface area contributed by atoms with E-state index in [1.165, 1.54) is 0 Å². The molecular formula is C24H27N5O3. The Hall–Kier alpha value is -3.68. The van der Waals surface area contributed by atoms with Crippen LogP contribution in [0.25, 0.3) is 10.9 Å². The summed E-state index contributed by atoms with van der Waals surface area (Å²) >= 11 is 0. The molecule has 1 aliphatic carbocycles. The molecule has 3 aromatic rings. The first-order chi connectivity index (χ1) is 15.4. The first-order valence-corrected chi connectivity index (χ1v) is 10.8. The van der Waals surface area contributed by atoms with Crippen LogP contribution in [-0.4, -0.2) is 39.8 Å². The number of H-pyrrole nitrogens is 1. The average Bonchev–Trinajstić information content (AvgIpc) is 3.51. The molecule has 5 N–H and O–H groups in total. The van der Waals surface area contributed by atoms with Crippen molar-refractivity contribution in [3.05, 3.63) is 66.1 Å². The zero-order chi connectivity index (χ0) is 22.7. The maximum absolute atomic E-state index is 13.1. The van der Waals surface area contributed by atoms with Crippen LogP contribution in [-0.2, 0) is 9.59 Å². The van der Waals surface area contributed by atoms with Crippen molar-refractivity contribution in [3.63, 3.8) is 0 Å². The number of aromatic nitrogens is 2. The van der Waals surface area contributed by atoms with Gasteiger partial charge in [-0.2, -0.15) is 0 Å². The zero-order valence-corrected chi connectivity index (χ0v) is 17.9. The first-order valence-electron chi connectivity index (χ1n) is 10.8. The van der Waals surface area contributed by atoms with Gasteiger partial charge in [0.2, 0.25) is 11.8 Å². The molecule has 1 saturated carbocycles. The number of nitrogens with zero attached hydrogens (tertiary/aromatic N) is 1. The topological polar surface area (TPSA) is 130 Å². The van der Waals surface area contributed by atoms with Crippen LogP contribution in [0.15, 0.2) is 54.7 Å². The van der Waals surface area contributed by atoms with E-state index in [4.69, 9.17) is 5.73 Å². The Labute approximate surface area is 186 Å². The third-order valence-corrected chi connectivity index (χ3v) is 5.92. The number of aromatic amines is 1. The van der Waals surface area contributed by atoms with Crippen LogP contribution < -0.4 is 16.4 Å². The van der Waals surface area contributed by atoms with E-state index in [0.717, 1.165) is 23.7 Å². The van der Waals surface area contributed by atoms with Crippen molar-refractivity contribution in [3.8, 4) is 0 Å². The molecule has 8 heteroatoms. The third-order valence-electron chi connectivity index (χ3n) is 5.92. The molecule has 1 fully saturated rings. The molecule has 0 radical (unpaired) electrons. The molecule has 2 aromatic heterocycles. The first kappa shape index (κ1) is 21.5. The van der Waals surface area contributed by atoms with Gasteiger partial charge in [0.1, 0.15) is 17.8 Å². The molecule has 0 saturated heterocycles. The summed E-state index contributed by atoms with van der Waals surface area (Å²) in [6.07, 6.45) is 4.19. The van der Waals surface area contributed by atoms with Gasteiger partial charge in [-0.25, -0.2) is 0 Å². The van der Waals surface area contributed by atoms with Crippen molar-refractivity contribution >= 4 is 28.6 Å². The van der Waals surface area contributed by atoms with Crippen LogP contribution in [0.1, 0.15) is 48.3 Å². The highest BCUT2D eigenvalue weighted by Gasteiger charge is 2.34. The number of primary amides is 1. The molecule has 0 spiro atoms. The minimum absolute atomic E-state index is 0.365. The molecule has 8 nitrogen and oxygen atoms in total. The van der Waals surface area contributed by atoms with Crippen LogP contribution in [0, 0.1) is 5.92 Å². The van der Waals surface area contributed by atoms with Gasteiger partial charge < -0.3 is 21.4 Å². The molecule has 3 amide bonds. The molecule has 1 unspecified atom stereocenters. The quantitative estimate of drug-likeness (QED) is 0.412. The van der Waals surface area contributed by atoms with Crippen LogP contribution in [0.3, 0.4) is 0 Å². The minimum atomic E-state index is -0.941. The number of amides is 3. The second kappa shape index (κ2) is 9.21. The van der Waals surface area contributed by atoms with Crippen molar-refractivity contribution in [1.29, 1.82) is 0 Å². The molecule has 0 aliphatic heterocycles. The number of fused-ring (bicyclic) bond motifs is 1. The van der Waals surface area contributed by atoms with Crippen molar-refractivity contribution in [2.24, 2.45) is 11.7 Å². The Kier molecular flexibility index (Phi) is 6.20. The van der Waals surface area contributed by atoms with Gasteiger partial charge in [0.15, 0.2) is 0 Å². The van der Waals surface area contributed by atoms with E-state index in [9.17, 15) is 14.4 Å². The highest BCUT2D eigenvalue weighted by atomic mass is 16.2. The number of para-hydroxylation sites is 1. The van der Waals surface area contributed by atoms with Gasteiger partial charge in [-0.3, -0.25) is 19.4 Å². The highest BCUT2D eigenvalue weighted by Crippen LogP contribution is 2.33. The number of nitrogens with two attached hydrogens (primary N) is 1. The number of pyridine rings is 1. The normalized spacial score (nSPS) is 16.2. The lowest BCUT2D eigenvalue weighted by molar-refractivity contribution is -0.129. The number of hydrogen-bond donors (Lipinski definition) is 4. The Morgan fingerprint density at radius 3 is 2.53 bits per heavy atom. The summed E-state index contributed by atoms with van der Waals surface area (Å²) in [5.74, 6) is -1.47. The van der Waals surface area contributed by atoms with E-state index in [1.54, 1.807) is 31.3 Å². The molecule has 32 heavy (non-hydrogen) atoms. The van der Waals surface area contributed by atoms with Gasteiger partial charge in [0, 0.05) is 28.7 Å². The van der Waals surface area contributed by atoms with Crippen molar-refractivity contribution in [1.82, 2.24) is 20.6 Å². The summed E-state index contributed by atoms with van der Waals surface area (Å²) in [6, 6.07) is 13.0. The second-order valence-electron chi connectivity index (χ2n) is 8.41. The maximum atomic E-state index is 13.1. The van der Waals surface area contributed by atoms with Crippen LogP contribution in [0.2, 0.25) is 0 Å².